The third kappa shape index (κ3) is 4.28. The van der Waals surface area contributed by atoms with E-state index in [0.717, 1.165) is 15.7 Å². The summed E-state index contributed by atoms with van der Waals surface area (Å²) in [5.74, 6) is -0.870. The van der Waals surface area contributed by atoms with E-state index in [0.29, 0.717) is 0 Å². The van der Waals surface area contributed by atoms with E-state index in [-0.39, 0.29) is 5.56 Å². The van der Waals surface area contributed by atoms with Crippen LogP contribution in [0.15, 0.2) is 58.3 Å². The lowest BCUT2D eigenvalue weighted by atomic mass is 10.2. The molecule has 0 aromatic heterocycles. The number of carbonyl (C=O) groups is 1. The van der Waals surface area contributed by atoms with Crippen molar-refractivity contribution < 1.29 is 21.6 Å². The number of sulfonamides is 2. The highest BCUT2D eigenvalue weighted by Gasteiger charge is 2.26. The third-order valence-electron chi connectivity index (χ3n) is 2.78. The van der Waals surface area contributed by atoms with Crippen molar-refractivity contribution in [2.45, 2.75) is 9.79 Å². The van der Waals surface area contributed by atoms with Crippen molar-refractivity contribution in [3.63, 3.8) is 0 Å². The van der Waals surface area contributed by atoms with Crippen molar-refractivity contribution in [1.29, 1.82) is 0 Å². The van der Waals surface area contributed by atoms with Crippen LogP contribution < -0.4 is 9.86 Å². The van der Waals surface area contributed by atoms with Crippen molar-refractivity contribution >= 4 is 48.5 Å². The summed E-state index contributed by atoms with van der Waals surface area (Å²) in [5.41, 5.74) is 0.127. The minimum atomic E-state index is -4.39. The van der Waals surface area contributed by atoms with Gasteiger partial charge in [-0.15, -0.1) is 0 Å². The van der Waals surface area contributed by atoms with Crippen molar-refractivity contribution in [2.24, 2.45) is 5.14 Å². The largest absolute Gasteiger partial charge is 0.268 e. The molecule has 0 saturated carbocycles. The first-order valence-corrected chi connectivity index (χ1v) is 10.2. The fraction of sp³-hybridized carbons (Fsp3) is 0. The average molecular weight is 466 g/mol. The first kappa shape index (κ1) is 17.8. The minimum absolute atomic E-state index is 0.127. The second kappa shape index (κ2) is 6.55. The van der Waals surface area contributed by atoms with Crippen molar-refractivity contribution in [3.8, 4) is 0 Å². The summed E-state index contributed by atoms with van der Waals surface area (Å²) < 4.78 is 50.3. The molecule has 7 nitrogen and oxygen atoms in total. The average Bonchev–Trinajstić information content (AvgIpc) is 2.46. The Labute approximate surface area is 147 Å². The van der Waals surface area contributed by atoms with Gasteiger partial charge in [0.05, 0.1) is 0 Å². The molecule has 0 saturated heterocycles. The van der Waals surface area contributed by atoms with Crippen LogP contribution in [-0.2, 0) is 20.0 Å². The third-order valence-corrected chi connectivity index (χ3v) is 5.99. The molecule has 122 valence electrons. The molecular formula is C13H11IN2O5S2. The van der Waals surface area contributed by atoms with Gasteiger partial charge in [-0.3, -0.25) is 4.79 Å². The van der Waals surface area contributed by atoms with Crippen LogP contribution in [0.1, 0.15) is 10.4 Å². The standard InChI is InChI=1S/C13H11IN2O5S2/c14-10-7-5-9(6-8-10)13(17)16-23(20,21)12-4-2-1-3-11(12)22(15,18)19/h1-8H,(H,16,17)(H2,15,18,19). The molecule has 23 heavy (non-hydrogen) atoms. The van der Waals surface area contributed by atoms with Gasteiger partial charge < -0.3 is 0 Å². The Morgan fingerprint density at radius 3 is 1.96 bits per heavy atom. The van der Waals surface area contributed by atoms with Gasteiger partial charge in [-0.1, -0.05) is 12.1 Å². The van der Waals surface area contributed by atoms with Gasteiger partial charge in [-0.2, -0.15) is 0 Å². The van der Waals surface area contributed by atoms with Gasteiger partial charge in [0, 0.05) is 9.13 Å². The van der Waals surface area contributed by atoms with Gasteiger partial charge in [-0.25, -0.2) is 26.7 Å². The smallest absolute Gasteiger partial charge is 0.265 e. The molecule has 1 amide bonds. The molecule has 0 atom stereocenters. The van der Waals surface area contributed by atoms with Crippen molar-refractivity contribution in [3.05, 3.63) is 57.7 Å². The molecule has 0 aliphatic carbocycles. The lowest BCUT2D eigenvalue weighted by molar-refractivity contribution is 0.0981. The second-order valence-corrected chi connectivity index (χ2v) is 8.86. The summed E-state index contributed by atoms with van der Waals surface area (Å²) in [6.45, 7) is 0. The second-order valence-electron chi connectivity index (χ2n) is 4.43. The fourth-order valence-corrected chi connectivity index (χ4v) is 4.46. The number of rotatable bonds is 4. The number of carbonyl (C=O) groups excluding carboxylic acids is 1. The maximum Gasteiger partial charge on any atom is 0.265 e. The Kier molecular flexibility index (Phi) is 5.08. The number of amides is 1. The molecule has 3 N–H and O–H groups in total. The molecule has 10 heteroatoms. The molecule has 0 bridgehead atoms. The molecule has 2 aromatic rings. The van der Waals surface area contributed by atoms with Crippen LogP contribution >= 0.6 is 22.6 Å². The SMILES string of the molecule is NS(=O)(=O)c1ccccc1S(=O)(=O)NC(=O)c1ccc(I)cc1. The van der Waals surface area contributed by atoms with Gasteiger partial charge in [0.15, 0.2) is 0 Å². The lowest BCUT2D eigenvalue weighted by Crippen LogP contribution is -2.32. The Bertz CT molecular complexity index is 954. The quantitative estimate of drug-likeness (QED) is 0.653. The maximum absolute atomic E-state index is 12.3. The zero-order valence-electron chi connectivity index (χ0n) is 11.4. The zero-order valence-corrected chi connectivity index (χ0v) is 15.2. The van der Waals surface area contributed by atoms with Crippen molar-refractivity contribution in [2.75, 3.05) is 0 Å². The highest BCUT2D eigenvalue weighted by atomic mass is 127. The van der Waals surface area contributed by atoms with Crippen LogP contribution in [0.2, 0.25) is 0 Å². The first-order valence-electron chi connectivity index (χ1n) is 6.06. The predicted molar refractivity (Wildman–Crippen MR) is 91.6 cm³/mol. The molecular weight excluding hydrogens is 455 g/mol. The predicted octanol–water partition coefficient (Wildman–Crippen LogP) is 1.06. The van der Waals surface area contributed by atoms with E-state index in [1.165, 1.54) is 24.3 Å². The number of benzene rings is 2. The van der Waals surface area contributed by atoms with Crippen molar-refractivity contribution in [1.82, 2.24) is 4.72 Å². The Hall–Kier alpha value is -1.50. The molecule has 0 aliphatic rings. The monoisotopic (exact) mass is 466 g/mol. The maximum atomic E-state index is 12.3. The summed E-state index contributed by atoms with van der Waals surface area (Å²) >= 11 is 2.04. The number of halogens is 1. The van der Waals surface area contributed by atoms with Crippen LogP contribution in [0.3, 0.4) is 0 Å². The summed E-state index contributed by atoms with van der Waals surface area (Å²) in [7, 11) is -8.65. The van der Waals surface area contributed by atoms with Crippen LogP contribution in [0.5, 0.6) is 0 Å². The van der Waals surface area contributed by atoms with Crippen LogP contribution in [0, 0.1) is 3.57 Å². The Morgan fingerprint density at radius 1 is 0.913 bits per heavy atom. The number of hydrogen-bond acceptors (Lipinski definition) is 5. The number of nitrogens with one attached hydrogen (secondary N) is 1. The number of hydrogen-bond donors (Lipinski definition) is 2. The van der Waals surface area contributed by atoms with Crippen LogP contribution in [-0.4, -0.2) is 22.7 Å². The fourth-order valence-electron chi connectivity index (χ4n) is 1.74. The van der Waals surface area contributed by atoms with E-state index < -0.39 is 35.7 Å². The highest BCUT2D eigenvalue weighted by molar-refractivity contribution is 14.1. The summed E-state index contributed by atoms with van der Waals surface area (Å²) in [6.07, 6.45) is 0. The Morgan fingerprint density at radius 2 is 1.43 bits per heavy atom. The molecule has 2 rings (SSSR count). The van der Waals surface area contributed by atoms with E-state index in [1.54, 1.807) is 12.1 Å². The first-order chi connectivity index (χ1) is 10.6. The number of primary sulfonamides is 1. The zero-order chi connectivity index (χ0) is 17.3. The molecule has 0 radical (unpaired) electrons. The molecule has 0 spiro atoms. The molecule has 0 fully saturated rings. The highest BCUT2D eigenvalue weighted by Crippen LogP contribution is 2.19. The molecule has 0 heterocycles. The summed E-state index contributed by atoms with van der Waals surface area (Å²) in [5, 5.41) is 5.01. The van der Waals surface area contributed by atoms with Gasteiger partial charge in [-0.05, 0) is 59.0 Å². The minimum Gasteiger partial charge on any atom is -0.268 e. The lowest BCUT2D eigenvalue weighted by Gasteiger charge is -2.10. The van der Waals surface area contributed by atoms with Gasteiger partial charge in [0.1, 0.15) is 9.79 Å². The van der Waals surface area contributed by atoms with Gasteiger partial charge in [0.25, 0.3) is 15.9 Å². The Balaban J connectivity index is 2.41. The molecule has 0 unspecified atom stereocenters. The van der Waals surface area contributed by atoms with E-state index >= 15 is 0 Å². The van der Waals surface area contributed by atoms with Crippen LogP contribution in [0.25, 0.3) is 0 Å². The normalized spacial score (nSPS) is 11.9. The van der Waals surface area contributed by atoms with E-state index in [9.17, 15) is 21.6 Å². The van der Waals surface area contributed by atoms with Gasteiger partial charge >= 0.3 is 0 Å². The number of nitrogens with two attached hydrogens (primary N) is 1. The van der Waals surface area contributed by atoms with Crippen LogP contribution in [0.4, 0.5) is 0 Å². The molecule has 0 aliphatic heterocycles. The van der Waals surface area contributed by atoms with Gasteiger partial charge in [0.2, 0.25) is 10.0 Å². The van der Waals surface area contributed by atoms with E-state index in [1.807, 2.05) is 27.3 Å². The van der Waals surface area contributed by atoms with E-state index in [2.05, 4.69) is 0 Å². The topological polar surface area (TPSA) is 123 Å². The van der Waals surface area contributed by atoms with E-state index in [4.69, 9.17) is 5.14 Å². The summed E-state index contributed by atoms with van der Waals surface area (Å²) in [6, 6.07) is 11.0. The summed E-state index contributed by atoms with van der Waals surface area (Å²) in [4.78, 5) is 10.9. The molecule has 2 aromatic carbocycles.